The summed E-state index contributed by atoms with van der Waals surface area (Å²) in [4.78, 5) is 0.720. The number of nitrogens with zero attached hydrogens (tertiary/aromatic N) is 1. The molecule has 0 aliphatic rings. The quantitative estimate of drug-likeness (QED) is 0.478. The molecule has 0 bridgehead atoms. The van der Waals surface area contributed by atoms with Crippen LogP contribution in [0.4, 0.5) is 0 Å². The van der Waals surface area contributed by atoms with Gasteiger partial charge in [0, 0.05) is 10.4 Å². The molecule has 2 nitrogen and oxygen atoms in total. The molecule has 18 heavy (non-hydrogen) atoms. The minimum Gasteiger partial charge on any atom is -0.500 e. The lowest BCUT2D eigenvalue weighted by Gasteiger charge is -1.94. The maximum atomic E-state index is 9.83. The zero-order valence-electron chi connectivity index (χ0n) is 9.42. The Kier molecular flexibility index (Phi) is 3.81. The SMILES string of the molecule is N#CC(=C(O)C#Cc1ccccc1)c1cccs1. The van der Waals surface area contributed by atoms with E-state index in [0.29, 0.717) is 0 Å². The van der Waals surface area contributed by atoms with E-state index in [9.17, 15) is 5.11 Å². The van der Waals surface area contributed by atoms with Crippen molar-refractivity contribution in [1.29, 1.82) is 5.26 Å². The van der Waals surface area contributed by atoms with Crippen molar-refractivity contribution in [3.05, 3.63) is 64.0 Å². The highest BCUT2D eigenvalue weighted by Gasteiger charge is 2.06. The van der Waals surface area contributed by atoms with Crippen molar-refractivity contribution < 1.29 is 5.11 Å². The van der Waals surface area contributed by atoms with Gasteiger partial charge in [0.25, 0.3) is 0 Å². The molecule has 86 valence electrons. The number of thiophene rings is 1. The van der Waals surface area contributed by atoms with E-state index in [0.717, 1.165) is 10.4 Å². The molecular weight excluding hydrogens is 242 g/mol. The molecule has 0 spiro atoms. The van der Waals surface area contributed by atoms with Crippen LogP contribution >= 0.6 is 11.3 Å². The molecule has 0 aliphatic carbocycles. The maximum Gasteiger partial charge on any atom is 0.187 e. The van der Waals surface area contributed by atoms with Crippen LogP contribution in [0.5, 0.6) is 0 Å². The van der Waals surface area contributed by atoms with Crippen molar-refractivity contribution in [2.75, 3.05) is 0 Å². The van der Waals surface area contributed by atoms with Gasteiger partial charge in [-0.25, -0.2) is 0 Å². The van der Waals surface area contributed by atoms with Crippen molar-refractivity contribution in [3.8, 4) is 17.9 Å². The van der Waals surface area contributed by atoms with Crippen LogP contribution in [0.3, 0.4) is 0 Å². The van der Waals surface area contributed by atoms with Crippen LogP contribution in [-0.2, 0) is 0 Å². The smallest absolute Gasteiger partial charge is 0.187 e. The van der Waals surface area contributed by atoms with Crippen LogP contribution in [0.1, 0.15) is 10.4 Å². The Balaban J connectivity index is 2.34. The van der Waals surface area contributed by atoms with Gasteiger partial charge in [-0.15, -0.1) is 11.3 Å². The maximum absolute atomic E-state index is 9.83. The molecule has 0 unspecified atom stereocenters. The van der Waals surface area contributed by atoms with Gasteiger partial charge in [0.2, 0.25) is 0 Å². The topological polar surface area (TPSA) is 44.0 Å². The van der Waals surface area contributed by atoms with Gasteiger partial charge in [0.15, 0.2) is 5.76 Å². The standard InChI is InChI=1S/C15H9NOS/c16-11-13(15-7-4-10-18-15)14(17)9-8-12-5-2-1-3-6-12/h1-7,10,17H. The van der Waals surface area contributed by atoms with Gasteiger partial charge in [-0.2, -0.15) is 5.26 Å². The minimum absolute atomic E-state index is 0.191. The van der Waals surface area contributed by atoms with Gasteiger partial charge in [-0.05, 0) is 29.5 Å². The number of aliphatic hydroxyl groups excluding tert-OH is 1. The lowest BCUT2D eigenvalue weighted by molar-refractivity contribution is 0.442. The molecule has 0 fully saturated rings. The molecule has 0 aliphatic heterocycles. The molecule has 1 aromatic heterocycles. The second-order valence-corrected chi connectivity index (χ2v) is 4.38. The fourth-order valence-electron chi connectivity index (χ4n) is 1.36. The summed E-state index contributed by atoms with van der Waals surface area (Å²) in [5.74, 6) is 5.23. The first-order valence-electron chi connectivity index (χ1n) is 5.25. The average Bonchev–Trinajstić information content (AvgIpc) is 2.92. The van der Waals surface area contributed by atoms with E-state index < -0.39 is 0 Å². The van der Waals surface area contributed by atoms with Gasteiger partial charge in [0.05, 0.1) is 0 Å². The van der Waals surface area contributed by atoms with E-state index >= 15 is 0 Å². The highest BCUT2D eigenvalue weighted by molar-refractivity contribution is 7.11. The predicted molar refractivity (Wildman–Crippen MR) is 72.8 cm³/mol. The fourth-order valence-corrected chi connectivity index (χ4v) is 2.08. The lowest BCUT2D eigenvalue weighted by atomic mass is 10.2. The second kappa shape index (κ2) is 5.72. The Morgan fingerprint density at radius 2 is 1.89 bits per heavy atom. The first-order chi connectivity index (χ1) is 8.81. The largest absolute Gasteiger partial charge is 0.500 e. The molecule has 2 aromatic rings. The monoisotopic (exact) mass is 251 g/mol. The molecule has 3 heteroatoms. The highest BCUT2D eigenvalue weighted by Crippen LogP contribution is 2.21. The molecule has 0 atom stereocenters. The third-order valence-corrected chi connectivity index (χ3v) is 3.10. The summed E-state index contributed by atoms with van der Waals surface area (Å²) in [6, 6.07) is 14.9. The molecule has 0 saturated carbocycles. The van der Waals surface area contributed by atoms with E-state index in [1.54, 1.807) is 6.07 Å². The van der Waals surface area contributed by atoms with Crippen LogP contribution in [0, 0.1) is 23.2 Å². The van der Waals surface area contributed by atoms with Crippen molar-refractivity contribution in [2.24, 2.45) is 0 Å². The molecule has 0 amide bonds. The third kappa shape index (κ3) is 2.79. The number of allylic oxidation sites excluding steroid dienone is 2. The van der Waals surface area contributed by atoms with Crippen LogP contribution in [0.2, 0.25) is 0 Å². The van der Waals surface area contributed by atoms with Crippen molar-refractivity contribution in [2.45, 2.75) is 0 Å². The molecule has 2 rings (SSSR count). The van der Waals surface area contributed by atoms with E-state index in [4.69, 9.17) is 5.26 Å². The summed E-state index contributed by atoms with van der Waals surface area (Å²) >= 11 is 1.40. The fraction of sp³-hybridized carbons (Fsp3) is 0. The Hall–Kier alpha value is -2.49. The van der Waals surface area contributed by atoms with Gasteiger partial charge >= 0.3 is 0 Å². The molecule has 0 radical (unpaired) electrons. The summed E-state index contributed by atoms with van der Waals surface area (Å²) in [7, 11) is 0. The van der Waals surface area contributed by atoms with Crippen LogP contribution in [-0.4, -0.2) is 5.11 Å². The Morgan fingerprint density at radius 1 is 1.11 bits per heavy atom. The first kappa shape index (κ1) is 12.0. The van der Waals surface area contributed by atoms with E-state index in [1.807, 2.05) is 47.8 Å². The number of benzene rings is 1. The minimum atomic E-state index is -0.191. The zero-order valence-corrected chi connectivity index (χ0v) is 10.2. The van der Waals surface area contributed by atoms with E-state index in [-0.39, 0.29) is 11.3 Å². The molecule has 1 N–H and O–H groups in total. The summed E-state index contributed by atoms with van der Waals surface area (Å²) < 4.78 is 0. The zero-order chi connectivity index (χ0) is 12.8. The Bertz CT molecular complexity index is 652. The molecule has 1 aromatic carbocycles. The Labute approximate surface area is 109 Å². The van der Waals surface area contributed by atoms with Gasteiger partial charge in [-0.1, -0.05) is 30.2 Å². The average molecular weight is 251 g/mol. The number of aliphatic hydroxyl groups is 1. The van der Waals surface area contributed by atoms with Crippen molar-refractivity contribution in [1.82, 2.24) is 0 Å². The predicted octanol–water partition coefficient (Wildman–Crippen LogP) is 3.59. The molecular formula is C15H9NOS. The van der Waals surface area contributed by atoms with Crippen LogP contribution in [0.25, 0.3) is 5.57 Å². The van der Waals surface area contributed by atoms with Gasteiger partial charge in [-0.3, -0.25) is 0 Å². The van der Waals surface area contributed by atoms with Gasteiger partial charge in [0.1, 0.15) is 11.6 Å². The number of rotatable bonds is 1. The normalized spacial score (nSPS) is 10.8. The van der Waals surface area contributed by atoms with Crippen LogP contribution < -0.4 is 0 Å². The van der Waals surface area contributed by atoms with Gasteiger partial charge < -0.3 is 5.11 Å². The molecule has 0 saturated heterocycles. The van der Waals surface area contributed by atoms with E-state index in [1.165, 1.54) is 11.3 Å². The summed E-state index contributed by atoms with van der Waals surface area (Å²) in [6.45, 7) is 0. The van der Waals surface area contributed by atoms with E-state index in [2.05, 4.69) is 11.8 Å². The van der Waals surface area contributed by atoms with Crippen LogP contribution in [0.15, 0.2) is 53.6 Å². The summed E-state index contributed by atoms with van der Waals surface area (Å²) in [6.07, 6.45) is 0. The number of hydrogen-bond acceptors (Lipinski definition) is 3. The third-order valence-electron chi connectivity index (χ3n) is 2.22. The van der Waals surface area contributed by atoms with Crippen molar-refractivity contribution in [3.63, 3.8) is 0 Å². The number of hydrogen-bond donors (Lipinski definition) is 1. The number of nitriles is 1. The molecule has 1 heterocycles. The van der Waals surface area contributed by atoms with Crippen molar-refractivity contribution >= 4 is 16.9 Å². The summed E-state index contributed by atoms with van der Waals surface area (Å²) in [5, 5.41) is 20.7. The second-order valence-electron chi connectivity index (χ2n) is 3.43. The summed E-state index contributed by atoms with van der Waals surface area (Å²) in [5.41, 5.74) is 1.01. The Morgan fingerprint density at radius 3 is 2.50 bits per heavy atom. The lowest BCUT2D eigenvalue weighted by Crippen LogP contribution is -1.84. The first-order valence-corrected chi connectivity index (χ1v) is 6.13. The highest BCUT2D eigenvalue weighted by atomic mass is 32.1.